The lowest BCUT2D eigenvalue weighted by Crippen LogP contribution is -2.46. The summed E-state index contributed by atoms with van der Waals surface area (Å²) in [5.74, 6) is -3.72. The lowest BCUT2D eigenvalue weighted by atomic mass is 9.84. The number of ketones is 1. The fraction of sp³-hybridized carbons (Fsp3) is 0.300. The quantitative estimate of drug-likeness (QED) is 0.253. The highest BCUT2D eigenvalue weighted by atomic mass is 19.1. The molecule has 0 radical (unpaired) electrons. The maximum atomic E-state index is 14.5. The van der Waals surface area contributed by atoms with Crippen LogP contribution in [0.15, 0.2) is 63.9 Å². The Morgan fingerprint density at radius 2 is 1.77 bits per heavy atom. The van der Waals surface area contributed by atoms with Gasteiger partial charge in [0, 0.05) is 11.1 Å². The van der Waals surface area contributed by atoms with E-state index in [1.807, 2.05) is 0 Å². The van der Waals surface area contributed by atoms with Crippen molar-refractivity contribution in [2.45, 2.75) is 45.7 Å². The van der Waals surface area contributed by atoms with Crippen molar-refractivity contribution >= 4 is 23.5 Å². The molecule has 2 N–H and O–H groups in total. The third kappa shape index (κ3) is 6.69. The standard InChI is InChI=1S/C30H30F2N6O6/c1-16(2)23(24(40)26-36-37-28(44-26)30(3,4)19-13-18(31)11-12-20(19)32)35-22(39)15-38-25(17-9-7-6-8-10-17)33-14-21(27(38)41)34-29(42)43-5/h6-14,16,23H,15H2,1-5H3,(H,34,42)(H,35,39). The molecule has 0 fully saturated rings. The van der Waals surface area contributed by atoms with Crippen LogP contribution in [0, 0.1) is 17.6 Å². The largest absolute Gasteiger partial charge is 0.453 e. The number of hydrogen-bond donors (Lipinski definition) is 2. The number of amides is 2. The number of carbonyl (C=O) groups is 3. The zero-order chi connectivity index (χ0) is 32.2. The minimum absolute atomic E-state index is 0.0500. The van der Waals surface area contributed by atoms with E-state index in [4.69, 9.17) is 4.42 Å². The zero-order valence-corrected chi connectivity index (χ0v) is 24.6. The van der Waals surface area contributed by atoms with Gasteiger partial charge in [0.15, 0.2) is 0 Å². The predicted molar refractivity (Wildman–Crippen MR) is 154 cm³/mol. The predicted octanol–water partition coefficient (Wildman–Crippen LogP) is 4.10. The van der Waals surface area contributed by atoms with Gasteiger partial charge >= 0.3 is 6.09 Å². The Hall–Kier alpha value is -5.27. The second-order valence-electron chi connectivity index (χ2n) is 10.7. The number of Topliss-reactive ketones (excluding diaryl/α,β-unsaturated/α-hetero) is 1. The maximum Gasteiger partial charge on any atom is 0.411 e. The Morgan fingerprint density at radius 3 is 2.43 bits per heavy atom. The van der Waals surface area contributed by atoms with Gasteiger partial charge in [0.2, 0.25) is 17.6 Å². The number of benzene rings is 2. The highest BCUT2D eigenvalue weighted by Gasteiger charge is 2.36. The van der Waals surface area contributed by atoms with E-state index in [0.717, 1.165) is 36.1 Å². The van der Waals surface area contributed by atoms with Crippen LogP contribution < -0.4 is 16.2 Å². The Morgan fingerprint density at radius 1 is 1.07 bits per heavy atom. The highest BCUT2D eigenvalue weighted by Crippen LogP contribution is 2.33. The summed E-state index contributed by atoms with van der Waals surface area (Å²) >= 11 is 0. The summed E-state index contributed by atoms with van der Waals surface area (Å²) in [6.45, 7) is 5.86. The Bertz CT molecular complexity index is 1750. The van der Waals surface area contributed by atoms with Gasteiger partial charge in [0.25, 0.3) is 11.4 Å². The second kappa shape index (κ2) is 12.9. The first-order valence-corrected chi connectivity index (χ1v) is 13.5. The van der Waals surface area contributed by atoms with Crippen LogP contribution >= 0.6 is 0 Å². The molecule has 230 valence electrons. The number of aromatic nitrogens is 4. The zero-order valence-electron chi connectivity index (χ0n) is 24.6. The minimum Gasteiger partial charge on any atom is -0.453 e. The van der Waals surface area contributed by atoms with Crippen LogP contribution in [-0.4, -0.2) is 50.7 Å². The number of carbonyl (C=O) groups excluding carboxylic acids is 3. The molecule has 2 aromatic carbocycles. The summed E-state index contributed by atoms with van der Waals surface area (Å²) in [5.41, 5.74) is -1.78. The van der Waals surface area contributed by atoms with Gasteiger partial charge in [-0.05, 0) is 38.0 Å². The minimum atomic E-state index is -1.29. The first-order valence-electron chi connectivity index (χ1n) is 13.5. The number of ether oxygens (including phenoxy) is 1. The topological polar surface area (TPSA) is 158 Å². The molecule has 2 heterocycles. The molecule has 4 aromatic rings. The van der Waals surface area contributed by atoms with Gasteiger partial charge in [0.05, 0.1) is 24.8 Å². The number of rotatable bonds is 10. The van der Waals surface area contributed by atoms with E-state index in [0.29, 0.717) is 5.56 Å². The van der Waals surface area contributed by atoms with E-state index in [9.17, 15) is 28.0 Å². The number of hydrogen-bond acceptors (Lipinski definition) is 9. The van der Waals surface area contributed by atoms with Gasteiger partial charge in [-0.15, -0.1) is 10.2 Å². The van der Waals surface area contributed by atoms with Crippen molar-refractivity contribution in [3.05, 3.63) is 94.1 Å². The fourth-order valence-electron chi connectivity index (χ4n) is 4.40. The first kappa shape index (κ1) is 31.7. The third-order valence-corrected chi connectivity index (χ3v) is 6.84. The number of methoxy groups -OCH3 is 1. The van der Waals surface area contributed by atoms with Gasteiger partial charge in [-0.25, -0.2) is 18.6 Å². The van der Waals surface area contributed by atoms with E-state index < -0.39 is 64.8 Å². The van der Waals surface area contributed by atoms with Crippen LogP contribution in [0.4, 0.5) is 19.3 Å². The lowest BCUT2D eigenvalue weighted by molar-refractivity contribution is -0.122. The molecule has 12 nitrogen and oxygen atoms in total. The molecule has 14 heteroatoms. The van der Waals surface area contributed by atoms with Gasteiger partial charge in [-0.3, -0.25) is 24.3 Å². The van der Waals surface area contributed by atoms with Crippen LogP contribution in [0.1, 0.15) is 49.8 Å². The molecule has 0 spiro atoms. The molecule has 1 unspecified atom stereocenters. The van der Waals surface area contributed by atoms with Crippen molar-refractivity contribution in [2.24, 2.45) is 5.92 Å². The number of halogens is 2. The van der Waals surface area contributed by atoms with Crippen LogP contribution in [0.3, 0.4) is 0 Å². The summed E-state index contributed by atoms with van der Waals surface area (Å²) in [6, 6.07) is 10.4. The van der Waals surface area contributed by atoms with E-state index in [2.05, 4.69) is 30.6 Å². The smallest absolute Gasteiger partial charge is 0.411 e. The molecule has 0 saturated carbocycles. The van der Waals surface area contributed by atoms with Crippen molar-refractivity contribution in [3.63, 3.8) is 0 Å². The van der Waals surface area contributed by atoms with Crippen molar-refractivity contribution in [1.29, 1.82) is 0 Å². The molecule has 2 aromatic heterocycles. The van der Waals surface area contributed by atoms with Crippen LogP contribution in [0.5, 0.6) is 0 Å². The summed E-state index contributed by atoms with van der Waals surface area (Å²) in [6.07, 6.45) is 0.251. The third-order valence-electron chi connectivity index (χ3n) is 6.84. The number of anilines is 1. The molecule has 1 atom stereocenters. The van der Waals surface area contributed by atoms with E-state index in [1.165, 1.54) is 13.8 Å². The second-order valence-corrected chi connectivity index (χ2v) is 10.7. The monoisotopic (exact) mass is 608 g/mol. The molecule has 0 aliphatic rings. The normalized spacial score (nSPS) is 12.1. The van der Waals surface area contributed by atoms with Gasteiger partial charge in [-0.1, -0.05) is 44.2 Å². The van der Waals surface area contributed by atoms with Crippen LogP contribution in [0.25, 0.3) is 11.4 Å². The molecular weight excluding hydrogens is 578 g/mol. The Balaban J connectivity index is 1.61. The van der Waals surface area contributed by atoms with Crippen LogP contribution in [0.2, 0.25) is 0 Å². The summed E-state index contributed by atoms with van der Waals surface area (Å²) in [7, 11) is 1.13. The van der Waals surface area contributed by atoms with Crippen molar-refractivity contribution in [3.8, 4) is 11.4 Å². The van der Waals surface area contributed by atoms with Gasteiger partial charge in [0.1, 0.15) is 29.7 Å². The molecule has 44 heavy (non-hydrogen) atoms. The Kier molecular flexibility index (Phi) is 9.31. The molecule has 0 saturated heterocycles. The van der Waals surface area contributed by atoms with Gasteiger partial charge in [-0.2, -0.15) is 0 Å². The molecule has 0 aliphatic heterocycles. The number of nitrogens with zero attached hydrogens (tertiary/aromatic N) is 4. The lowest BCUT2D eigenvalue weighted by Gasteiger charge is -2.22. The van der Waals surface area contributed by atoms with E-state index in [-0.39, 0.29) is 23.0 Å². The molecule has 0 aliphatic carbocycles. The molecule has 4 rings (SSSR count). The molecule has 0 bridgehead atoms. The van der Waals surface area contributed by atoms with Crippen molar-refractivity contribution < 1.29 is 32.3 Å². The van der Waals surface area contributed by atoms with Crippen molar-refractivity contribution in [1.82, 2.24) is 25.1 Å². The van der Waals surface area contributed by atoms with Crippen LogP contribution in [-0.2, 0) is 21.5 Å². The maximum absolute atomic E-state index is 14.5. The summed E-state index contributed by atoms with van der Waals surface area (Å²) in [4.78, 5) is 56.1. The first-order chi connectivity index (χ1) is 20.8. The average molecular weight is 609 g/mol. The SMILES string of the molecule is COC(=O)Nc1cnc(-c2ccccc2)n(CC(=O)NC(C(=O)c2nnc(C(C)(C)c3cc(F)ccc3F)o2)C(C)C)c1=O. The van der Waals surface area contributed by atoms with Gasteiger partial charge < -0.3 is 14.5 Å². The summed E-state index contributed by atoms with van der Waals surface area (Å²) < 4.78 is 39.6. The number of nitrogens with one attached hydrogen (secondary N) is 2. The molecular formula is C30H30F2N6O6. The Labute approximate surface area is 250 Å². The average Bonchev–Trinajstić information content (AvgIpc) is 3.50. The van der Waals surface area contributed by atoms with Crippen molar-refractivity contribution in [2.75, 3.05) is 12.4 Å². The highest BCUT2D eigenvalue weighted by molar-refractivity contribution is 5.98. The van der Waals surface area contributed by atoms with E-state index in [1.54, 1.807) is 44.2 Å². The fourth-order valence-corrected chi connectivity index (χ4v) is 4.40. The summed E-state index contributed by atoms with van der Waals surface area (Å²) in [5, 5.41) is 12.6. The molecule has 2 amide bonds. The van der Waals surface area contributed by atoms with E-state index >= 15 is 0 Å².